The summed E-state index contributed by atoms with van der Waals surface area (Å²) in [5.74, 6) is -0.353. The molecule has 1 rings (SSSR count). The minimum absolute atomic E-state index is 0.205. The maximum Gasteiger partial charge on any atom is 0.274 e. The molecule has 6 heteroatoms. The second-order valence-corrected chi connectivity index (χ2v) is 3.99. The lowest BCUT2D eigenvalue weighted by Gasteiger charge is -2.08. The van der Waals surface area contributed by atoms with Crippen LogP contribution < -0.4 is 11.1 Å². The van der Waals surface area contributed by atoms with Crippen molar-refractivity contribution in [3.63, 3.8) is 0 Å². The molecule has 0 spiro atoms. The third kappa shape index (κ3) is 3.45. The van der Waals surface area contributed by atoms with E-state index in [1.807, 2.05) is 13.8 Å². The van der Waals surface area contributed by atoms with Gasteiger partial charge in [0, 0.05) is 6.54 Å². The summed E-state index contributed by atoms with van der Waals surface area (Å²) in [4.78, 5) is 11.7. The number of hydrogen-bond donors (Lipinski definition) is 4. The normalized spacial score (nSPS) is 12.4. The van der Waals surface area contributed by atoms with Gasteiger partial charge in [0.25, 0.3) is 5.91 Å². The number of aliphatic hydroxyl groups is 1. The number of hydrogen-bond acceptors (Lipinski definition) is 4. The minimum Gasteiger partial charge on any atom is -0.395 e. The maximum absolute atomic E-state index is 11.7. The van der Waals surface area contributed by atoms with Crippen molar-refractivity contribution in [2.45, 2.75) is 39.2 Å². The second-order valence-electron chi connectivity index (χ2n) is 3.99. The average molecular weight is 240 g/mol. The number of nitrogens with one attached hydrogen (secondary N) is 2. The van der Waals surface area contributed by atoms with Crippen molar-refractivity contribution in [1.29, 1.82) is 0 Å². The lowest BCUT2D eigenvalue weighted by molar-refractivity contribution is 0.0910. The Morgan fingerprint density at radius 2 is 2.29 bits per heavy atom. The molecule has 1 amide bonds. The summed E-state index contributed by atoms with van der Waals surface area (Å²) in [6.45, 7) is 4.08. The smallest absolute Gasteiger partial charge is 0.274 e. The van der Waals surface area contributed by atoms with Gasteiger partial charge in [0.2, 0.25) is 0 Å². The number of anilines is 1. The molecular formula is C11H20N4O2. The molecule has 0 aliphatic heterocycles. The highest BCUT2D eigenvalue weighted by Gasteiger charge is 2.17. The van der Waals surface area contributed by atoms with Gasteiger partial charge in [0.15, 0.2) is 5.69 Å². The number of aryl methyl sites for hydroxylation is 1. The number of nitrogens with two attached hydrogens (primary N) is 1. The van der Waals surface area contributed by atoms with E-state index in [-0.39, 0.29) is 18.1 Å². The molecule has 1 atom stereocenters. The number of carbonyl (C=O) groups is 1. The fraction of sp³-hybridized carbons (Fsp3) is 0.636. The number of amides is 1. The Hall–Kier alpha value is -1.56. The summed E-state index contributed by atoms with van der Waals surface area (Å²) < 4.78 is 0. The minimum atomic E-state index is -0.533. The zero-order valence-electron chi connectivity index (χ0n) is 10.3. The highest BCUT2D eigenvalue weighted by molar-refractivity contribution is 5.97. The van der Waals surface area contributed by atoms with Gasteiger partial charge in [-0.1, -0.05) is 20.3 Å². The number of nitrogen functional groups attached to an aromatic ring is 1. The molecule has 1 unspecified atom stereocenters. The summed E-state index contributed by atoms with van der Waals surface area (Å²) in [6, 6.07) is 0. The Morgan fingerprint density at radius 1 is 1.59 bits per heavy atom. The predicted octanol–water partition coefficient (Wildman–Crippen LogP) is 0.445. The summed E-state index contributed by atoms with van der Waals surface area (Å²) in [7, 11) is 0. The van der Waals surface area contributed by atoms with Crippen LogP contribution in [0.2, 0.25) is 0 Å². The van der Waals surface area contributed by atoms with Crippen molar-refractivity contribution in [1.82, 2.24) is 15.5 Å². The monoisotopic (exact) mass is 240 g/mol. The number of H-pyrrole nitrogens is 1. The molecule has 0 bridgehead atoms. The van der Waals surface area contributed by atoms with Crippen LogP contribution in [0.4, 0.5) is 5.69 Å². The molecule has 1 aromatic rings. The van der Waals surface area contributed by atoms with Gasteiger partial charge in [0.1, 0.15) is 0 Å². The van der Waals surface area contributed by atoms with Crippen molar-refractivity contribution in [2.75, 3.05) is 12.3 Å². The molecule has 1 aromatic heterocycles. The molecule has 0 fully saturated rings. The Morgan fingerprint density at radius 3 is 2.88 bits per heavy atom. The first-order valence-electron chi connectivity index (χ1n) is 5.89. The number of nitrogens with zero attached hydrogens (tertiary/aromatic N) is 1. The Labute approximate surface area is 101 Å². The van der Waals surface area contributed by atoms with Gasteiger partial charge in [-0.05, 0) is 12.8 Å². The molecule has 17 heavy (non-hydrogen) atoms. The van der Waals surface area contributed by atoms with Gasteiger partial charge < -0.3 is 16.2 Å². The van der Waals surface area contributed by atoms with Crippen molar-refractivity contribution in [2.24, 2.45) is 0 Å². The van der Waals surface area contributed by atoms with E-state index >= 15 is 0 Å². The number of aromatic nitrogens is 2. The van der Waals surface area contributed by atoms with Gasteiger partial charge >= 0.3 is 0 Å². The molecule has 96 valence electrons. The van der Waals surface area contributed by atoms with Gasteiger partial charge in [-0.2, -0.15) is 5.10 Å². The van der Waals surface area contributed by atoms with E-state index in [1.54, 1.807) is 0 Å². The van der Waals surface area contributed by atoms with E-state index in [0.29, 0.717) is 12.1 Å². The highest BCUT2D eigenvalue weighted by atomic mass is 16.3. The Kier molecular flexibility index (Phi) is 4.96. The molecule has 0 aliphatic rings. The van der Waals surface area contributed by atoms with Crippen molar-refractivity contribution >= 4 is 11.6 Å². The molecule has 0 radical (unpaired) electrons. The maximum atomic E-state index is 11.7. The molecule has 0 aromatic carbocycles. The van der Waals surface area contributed by atoms with Crippen LogP contribution in [0.5, 0.6) is 0 Å². The Bertz CT molecular complexity index is 376. The molecule has 6 nitrogen and oxygen atoms in total. The molecule has 0 saturated heterocycles. The first-order chi connectivity index (χ1) is 8.10. The van der Waals surface area contributed by atoms with E-state index in [0.717, 1.165) is 18.5 Å². The molecular weight excluding hydrogens is 220 g/mol. The largest absolute Gasteiger partial charge is 0.395 e. The van der Waals surface area contributed by atoms with E-state index in [9.17, 15) is 9.90 Å². The third-order valence-corrected chi connectivity index (χ3v) is 2.57. The SMILES string of the molecule is CCCc1[nH]nc(C(=O)NCC(O)CC)c1N. The first-order valence-corrected chi connectivity index (χ1v) is 5.89. The highest BCUT2D eigenvalue weighted by Crippen LogP contribution is 2.15. The lowest BCUT2D eigenvalue weighted by atomic mass is 10.2. The quantitative estimate of drug-likeness (QED) is 0.579. The van der Waals surface area contributed by atoms with Crippen LogP contribution in [0.25, 0.3) is 0 Å². The van der Waals surface area contributed by atoms with Crippen LogP contribution in [0.1, 0.15) is 42.9 Å². The van der Waals surface area contributed by atoms with Crippen LogP contribution in [0.15, 0.2) is 0 Å². The topological polar surface area (TPSA) is 104 Å². The van der Waals surface area contributed by atoms with E-state index in [2.05, 4.69) is 15.5 Å². The van der Waals surface area contributed by atoms with Crippen LogP contribution in [0, 0.1) is 0 Å². The van der Waals surface area contributed by atoms with Crippen molar-refractivity contribution in [3.8, 4) is 0 Å². The van der Waals surface area contributed by atoms with E-state index in [4.69, 9.17) is 5.73 Å². The fourth-order valence-electron chi connectivity index (χ4n) is 1.44. The zero-order chi connectivity index (χ0) is 12.8. The van der Waals surface area contributed by atoms with Crippen molar-refractivity contribution < 1.29 is 9.90 Å². The molecule has 0 saturated carbocycles. The average Bonchev–Trinajstić information content (AvgIpc) is 2.68. The molecule has 0 aliphatic carbocycles. The number of aromatic amines is 1. The summed E-state index contributed by atoms with van der Waals surface area (Å²) in [5.41, 5.74) is 7.20. The first kappa shape index (κ1) is 13.5. The number of aliphatic hydroxyl groups excluding tert-OH is 1. The van der Waals surface area contributed by atoms with Crippen molar-refractivity contribution in [3.05, 3.63) is 11.4 Å². The van der Waals surface area contributed by atoms with E-state index in [1.165, 1.54) is 0 Å². The fourth-order valence-corrected chi connectivity index (χ4v) is 1.44. The third-order valence-electron chi connectivity index (χ3n) is 2.57. The predicted molar refractivity (Wildman–Crippen MR) is 65.6 cm³/mol. The number of rotatable bonds is 6. The van der Waals surface area contributed by atoms with Crippen LogP contribution in [-0.2, 0) is 6.42 Å². The summed E-state index contributed by atoms with van der Waals surface area (Å²) in [6.07, 6.45) is 1.76. The van der Waals surface area contributed by atoms with Gasteiger partial charge in [0.05, 0.1) is 17.5 Å². The summed E-state index contributed by atoms with van der Waals surface area (Å²) >= 11 is 0. The van der Waals surface area contributed by atoms with Gasteiger partial charge in [-0.15, -0.1) is 0 Å². The lowest BCUT2D eigenvalue weighted by Crippen LogP contribution is -2.32. The molecule has 5 N–H and O–H groups in total. The van der Waals surface area contributed by atoms with Crippen LogP contribution >= 0.6 is 0 Å². The summed E-state index contributed by atoms with van der Waals surface area (Å²) in [5, 5.41) is 18.6. The second kappa shape index (κ2) is 6.24. The van der Waals surface area contributed by atoms with Gasteiger partial charge in [-0.25, -0.2) is 0 Å². The van der Waals surface area contributed by atoms with Crippen LogP contribution in [0.3, 0.4) is 0 Å². The molecule has 1 heterocycles. The van der Waals surface area contributed by atoms with Gasteiger partial charge in [-0.3, -0.25) is 9.89 Å². The zero-order valence-corrected chi connectivity index (χ0v) is 10.3. The standard InChI is InChI=1S/C11H20N4O2/c1-3-5-8-9(12)10(15-14-8)11(17)13-6-7(16)4-2/h7,16H,3-6,12H2,1-2H3,(H,13,17)(H,14,15). The Balaban J connectivity index is 2.63. The van der Waals surface area contributed by atoms with E-state index < -0.39 is 6.10 Å². The van der Waals surface area contributed by atoms with Crippen LogP contribution in [-0.4, -0.2) is 33.9 Å². The number of carbonyl (C=O) groups excluding carboxylic acids is 1.